The molecular weight excluding hydrogens is 286 g/mol. The lowest BCUT2D eigenvalue weighted by Gasteiger charge is -2.08. The number of anilines is 1. The number of amides is 1. The fraction of sp³-hybridized carbons (Fsp3) is 0. The zero-order chi connectivity index (χ0) is 14.7. The second-order valence-corrected chi connectivity index (χ2v) is 4.23. The van der Waals surface area contributed by atoms with Crippen LogP contribution in [-0.4, -0.2) is 17.0 Å². The molecule has 6 nitrogen and oxygen atoms in total. The number of hydrogen-bond acceptors (Lipinski definition) is 4. The largest absolute Gasteiger partial charge is 0.478 e. The van der Waals surface area contributed by atoms with Crippen molar-refractivity contribution in [1.29, 1.82) is 0 Å². The van der Waals surface area contributed by atoms with Crippen molar-refractivity contribution in [2.24, 2.45) is 0 Å². The topological polar surface area (TPSA) is 96.6 Å². The summed E-state index contributed by atoms with van der Waals surface area (Å²) in [6, 6.07) is 6.43. The summed E-state index contributed by atoms with van der Waals surface area (Å²) in [5.74, 6) is -1.82. The van der Waals surface area contributed by atoms with Crippen molar-refractivity contribution in [2.75, 3.05) is 5.32 Å². The summed E-state index contributed by atoms with van der Waals surface area (Å²) in [5.41, 5.74) is -0.531. The summed E-state index contributed by atoms with van der Waals surface area (Å²) in [6.45, 7) is 0. The zero-order valence-electron chi connectivity index (χ0n) is 9.92. The summed E-state index contributed by atoms with van der Waals surface area (Å²) in [7, 11) is 0. The van der Waals surface area contributed by atoms with E-state index in [-0.39, 0.29) is 21.8 Å². The maximum absolute atomic E-state index is 11.9. The van der Waals surface area contributed by atoms with E-state index in [9.17, 15) is 14.4 Å². The predicted molar refractivity (Wildman–Crippen MR) is 71.3 cm³/mol. The molecule has 2 N–H and O–H groups in total. The minimum absolute atomic E-state index is 0.0934. The molecule has 0 atom stereocenters. The third-order valence-electron chi connectivity index (χ3n) is 2.42. The number of hydrogen-bond donors (Lipinski definition) is 2. The molecule has 1 aromatic heterocycles. The van der Waals surface area contributed by atoms with Crippen molar-refractivity contribution >= 4 is 29.2 Å². The quantitative estimate of drug-likeness (QED) is 0.904. The van der Waals surface area contributed by atoms with E-state index < -0.39 is 17.5 Å². The molecule has 0 radical (unpaired) electrons. The Morgan fingerprint density at radius 2 is 1.95 bits per heavy atom. The molecule has 2 rings (SSSR count). The molecular formula is C13H8ClNO5. The molecule has 2 aromatic rings. The van der Waals surface area contributed by atoms with Crippen LogP contribution in [0.4, 0.5) is 5.69 Å². The molecule has 102 valence electrons. The molecule has 0 saturated carbocycles. The van der Waals surface area contributed by atoms with E-state index in [1.165, 1.54) is 24.3 Å². The minimum atomic E-state index is -1.22. The van der Waals surface area contributed by atoms with E-state index in [0.717, 1.165) is 12.3 Å². The van der Waals surface area contributed by atoms with Crippen molar-refractivity contribution in [3.63, 3.8) is 0 Å². The van der Waals surface area contributed by atoms with Gasteiger partial charge in [0, 0.05) is 11.1 Å². The fourth-order valence-corrected chi connectivity index (χ4v) is 1.66. The maximum atomic E-state index is 11.9. The van der Waals surface area contributed by atoms with Gasteiger partial charge in [-0.25, -0.2) is 9.59 Å². The van der Waals surface area contributed by atoms with Crippen LogP contribution in [0.2, 0.25) is 5.02 Å². The van der Waals surface area contributed by atoms with Gasteiger partial charge in [-0.2, -0.15) is 0 Å². The van der Waals surface area contributed by atoms with Crippen molar-refractivity contribution < 1.29 is 19.1 Å². The first kappa shape index (κ1) is 13.8. The summed E-state index contributed by atoms with van der Waals surface area (Å²) < 4.78 is 4.56. The van der Waals surface area contributed by atoms with Crippen LogP contribution in [-0.2, 0) is 0 Å². The van der Waals surface area contributed by atoms with Gasteiger partial charge in [-0.1, -0.05) is 11.6 Å². The number of nitrogens with one attached hydrogen (secondary N) is 1. The van der Waals surface area contributed by atoms with Crippen LogP contribution in [0.3, 0.4) is 0 Å². The number of aromatic carboxylic acids is 1. The van der Waals surface area contributed by atoms with Crippen LogP contribution in [0.1, 0.15) is 20.7 Å². The molecule has 20 heavy (non-hydrogen) atoms. The van der Waals surface area contributed by atoms with Crippen LogP contribution < -0.4 is 10.9 Å². The van der Waals surface area contributed by atoms with Crippen LogP contribution >= 0.6 is 11.6 Å². The maximum Gasteiger partial charge on any atom is 0.337 e. The van der Waals surface area contributed by atoms with Crippen molar-refractivity contribution in [3.05, 3.63) is 63.2 Å². The van der Waals surface area contributed by atoms with Gasteiger partial charge < -0.3 is 14.8 Å². The van der Waals surface area contributed by atoms with Crippen molar-refractivity contribution in [2.45, 2.75) is 0 Å². The Kier molecular flexibility index (Phi) is 3.86. The molecule has 0 bridgehead atoms. The Bertz CT molecular complexity index is 717. The van der Waals surface area contributed by atoms with Crippen LogP contribution in [0.25, 0.3) is 0 Å². The second-order valence-electron chi connectivity index (χ2n) is 3.79. The highest BCUT2D eigenvalue weighted by Gasteiger charge is 2.14. The van der Waals surface area contributed by atoms with Crippen LogP contribution in [0.15, 0.2) is 45.8 Å². The first-order valence-corrected chi connectivity index (χ1v) is 5.78. The Balaban J connectivity index is 2.30. The number of rotatable bonds is 3. The molecule has 0 unspecified atom stereocenters. The first-order valence-electron chi connectivity index (χ1n) is 5.40. The molecule has 1 heterocycles. The number of halogens is 1. The Hall–Kier alpha value is -2.60. The highest BCUT2D eigenvalue weighted by Crippen LogP contribution is 2.21. The van der Waals surface area contributed by atoms with E-state index in [0.29, 0.717) is 0 Å². The lowest BCUT2D eigenvalue weighted by Crippen LogP contribution is -2.15. The zero-order valence-corrected chi connectivity index (χ0v) is 10.7. The molecule has 0 aliphatic carbocycles. The molecule has 0 aliphatic rings. The minimum Gasteiger partial charge on any atom is -0.478 e. The van der Waals surface area contributed by atoms with Crippen LogP contribution in [0.5, 0.6) is 0 Å². The van der Waals surface area contributed by atoms with Crippen molar-refractivity contribution in [1.82, 2.24) is 0 Å². The van der Waals surface area contributed by atoms with E-state index >= 15 is 0 Å². The van der Waals surface area contributed by atoms with Gasteiger partial charge in [0.05, 0.1) is 16.8 Å². The lowest BCUT2D eigenvalue weighted by molar-refractivity contribution is 0.0698. The Morgan fingerprint density at radius 3 is 2.55 bits per heavy atom. The van der Waals surface area contributed by atoms with Gasteiger partial charge in [0.2, 0.25) is 0 Å². The Morgan fingerprint density at radius 1 is 1.20 bits per heavy atom. The van der Waals surface area contributed by atoms with Gasteiger partial charge in [0.1, 0.15) is 6.26 Å². The normalized spacial score (nSPS) is 10.1. The second kappa shape index (κ2) is 5.58. The molecule has 0 fully saturated rings. The third kappa shape index (κ3) is 3.04. The van der Waals surface area contributed by atoms with Gasteiger partial charge >= 0.3 is 11.6 Å². The predicted octanol–water partition coefficient (Wildman–Crippen LogP) is 2.24. The number of carbonyl (C=O) groups excluding carboxylic acids is 1. The number of carbonyl (C=O) groups is 2. The van der Waals surface area contributed by atoms with Gasteiger partial charge in [-0.05, 0) is 24.3 Å². The molecule has 1 amide bonds. The molecule has 0 saturated heterocycles. The highest BCUT2D eigenvalue weighted by molar-refractivity contribution is 6.31. The SMILES string of the molecule is O=C(Nc1ccc(Cl)cc1C(=O)O)c1ccc(=O)oc1. The highest BCUT2D eigenvalue weighted by atomic mass is 35.5. The average Bonchev–Trinajstić information content (AvgIpc) is 2.41. The number of carboxylic acid groups (broad SMARTS) is 1. The van der Waals surface area contributed by atoms with E-state index in [2.05, 4.69) is 9.73 Å². The van der Waals surface area contributed by atoms with Gasteiger partial charge in [-0.3, -0.25) is 4.79 Å². The van der Waals surface area contributed by atoms with Gasteiger partial charge in [0.25, 0.3) is 5.91 Å². The first-order chi connectivity index (χ1) is 9.47. The lowest BCUT2D eigenvalue weighted by atomic mass is 10.1. The molecule has 0 aliphatic heterocycles. The van der Waals surface area contributed by atoms with Gasteiger partial charge in [-0.15, -0.1) is 0 Å². The van der Waals surface area contributed by atoms with Gasteiger partial charge in [0.15, 0.2) is 0 Å². The smallest absolute Gasteiger partial charge is 0.337 e. The van der Waals surface area contributed by atoms with E-state index in [4.69, 9.17) is 16.7 Å². The Labute approximate surface area is 117 Å². The van der Waals surface area contributed by atoms with Crippen molar-refractivity contribution in [3.8, 4) is 0 Å². The fourth-order valence-electron chi connectivity index (χ4n) is 1.48. The van der Waals surface area contributed by atoms with E-state index in [1.54, 1.807) is 0 Å². The monoisotopic (exact) mass is 293 g/mol. The summed E-state index contributed by atoms with van der Waals surface area (Å²) in [6.07, 6.45) is 0.994. The summed E-state index contributed by atoms with van der Waals surface area (Å²) in [4.78, 5) is 33.7. The third-order valence-corrected chi connectivity index (χ3v) is 2.66. The van der Waals surface area contributed by atoms with Crippen LogP contribution in [0, 0.1) is 0 Å². The number of carboxylic acids is 1. The van der Waals surface area contributed by atoms with E-state index in [1.807, 2.05) is 0 Å². The number of benzene rings is 1. The summed E-state index contributed by atoms with van der Waals surface area (Å²) in [5, 5.41) is 11.7. The summed E-state index contributed by atoms with van der Waals surface area (Å²) >= 11 is 5.71. The molecule has 0 spiro atoms. The molecule has 1 aromatic carbocycles. The molecule has 7 heteroatoms. The average molecular weight is 294 g/mol. The standard InChI is InChI=1S/C13H8ClNO5/c14-8-2-3-10(9(5-8)13(18)19)15-12(17)7-1-4-11(16)20-6-7/h1-6H,(H,15,17)(H,18,19).